The predicted molar refractivity (Wildman–Crippen MR) is 71.4 cm³/mol. The highest BCUT2D eigenvalue weighted by Crippen LogP contribution is 2.44. The van der Waals surface area contributed by atoms with Crippen LogP contribution in [0.25, 0.3) is 0 Å². The van der Waals surface area contributed by atoms with Crippen LogP contribution < -0.4 is 4.74 Å². The molecule has 0 aliphatic heterocycles. The van der Waals surface area contributed by atoms with Crippen molar-refractivity contribution in [2.75, 3.05) is 0 Å². The molecule has 2 aromatic rings. The number of H-pyrrole nitrogens is 1. The molecule has 1 aliphatic rings. The van der Waals surface area contributed by atoms with E-state index in [1.165, 1.54) is 0 Å². The number of aromatic amines is 1. The van der Waals surface area contributed by atoms with Crippen molar-refractivity contribution in [2.45, 2.75) is 31.1 Å². The van der Waals surface area contributed by atoms with Crippen molar-refractivity contribution in [3.05, 3.63) is 35.5 Å². The van der Waals surface area contributed by atoms with E-state index in [0.717, 1.165) is 5.56 Å². The second-order valence-electron chi connectivity index (χ2n) is 5.26. The van der Waals surface area contributed by atoms with Gasteiger partial charge in [0.1, 0.15) is 5.75 Å². The van der Waals surface area contributed by atoms with Crippen LogP contribution in [0.1, 0.15) is 41.2 Å². The zero-order valence-electron chi connectivity index (χ0n) is 11.4. The third-order valence-corrected chi connectivity index (χ3v) is 3.69. The van der Waals surface area contributed by atoms with Crippen molar-refractivity contribution in [3.63, 3.8) is 0 Å². The zero-order chi connectivity index (χ0) is 15.7. The lowest BCUT2D eigenvalue weighted by atomic mass is 9.97. The minimum atomic E-state index is -2.59. The molecule has 1 fully saturated rings. The number of hydrogen-bond donors (Lipinski definition) is 2. The fraction of sp³-hybridized carbons (Fsp3) is 0.357. The van der Waals surface area contributed by atoms with Crippen LogP contribution >= 0.6 is 0 Å². The smallest absolute Gasteiger partial charge is 0.362 e. The molecular weight excluding hydrogens is 296 g/mol. The average Bonchev–Trinajstić information content (AvgIpc) is 3.06. The summed E-state index contributed by atoms with van der Waals surface area (Å²) in [6, 6.07) is 6.65. The monoisotopic (exact) mass is 309 g/mol. The van der Waals surface area contributed by atoms with Crippen molar-refractivity contribution < 1.29 is 23.4 Å². The lowest BCUT2D eigenvalue weighted by Crippen LogP contribution is -2.09. The number of aromatic nitrogens is 3. The van der Waals surface area contributed by atoms with E-state index in [-0.39, 0.29) is 30.3 Å². The maximum absolute atomic E-state index is 13.2. The molecule has 0 bridgehead atoms. The van der Waals surface area contributed by atoms with Crippen molar-refractivity contribution in [2.24, 2.45) is 0 Å². The lowest BCUT2D eigenvalue weighted by molar-refractivity contribution is 0.00775. The molecule has 0 saturated heterocycles. The summed E-state index contributed by atoms with van der Waals surface area (Å²) in [6.07, 6.45) is 0.235. The average molecular weight is 309 g/mol. The number of carbonyl (C=O) groups is 1. The van der Waals surface area contributed by atoms with E-state index in [1.54, 1.807) is 24.3 Å². The maximum atomic E-state index is 13.2. The molecular formula is C14H13F2N3O3. The number of halogens is 2. The number of carboxylic acids is 1. The molecule has 1 aromatic carbocycles. The molecule has 0 amide bonds. The molecule has 1 atom stereocenters. The van der Waals surface area contributed by atoms with Gasteiger partial charge in [0.25, 0.3) is 5.88 Å². The topological polar surface area (TPSA) is 88.1 Å². The van der Waals surface area contributed by atoms with Gasteiger partial charge in [-0.2, -0.15) is 0 Å². The van der Waals surface area contributed by atoms with E-state index >= 15 is 0 Å². The highest BCUT2D eigenvalue weighted by molar-refractivity contribution is 5.87. The fourth-order valence-electron chi connectivity index (χ4n) is 2.59. The lowest BCUT2D eigenvalue weighted by Gasteiger charge is -2.11. The van der Waals surface area contributed by atoms with Gasteiger partial charge in [-0.25, -0.2) is 18.7 Å². The Bertz CT molecular complexity index is 685. The summed E-state index contributed by atoms with van der Waals surface area (Å²) in [7, 11) is 0. The predicted octanol–water partition coefficient (Wildman–Crippen LogP) is 3.20. The van der Waals surface area contributed by atoms with Gasteiger partial charge in [-0.1, -0.05) is 17.3 Å². The van der Waals surface area contributed by atoms with E-state index < -0.39 is 11.9 Å². The fourth-order valence-corrected chi connectivity index (χ4v) is 2.59. The third-order valence-electron chi connectivity index (χ3n) is 3.69. The first-order chi connectivity index (χ1) is 10.4. The van der Waals surface area contributed by atoms with Crippen LogP contribution in [0.3, 0.4) is 0 Å². The Morgan fingerprint density at radius 1 is 1.36 bits per heavy atom. The van der Waals surface area contributed by atoms with Crippen LogP contribution in [0.2, 0.25) is 0 Å². The minimum Gasteiger partial charge on any atom is -0.476 e. The Morgan fingerprint density at radius 3 is 2.68 bits per heavy atom. The number of benzene rings is 1. The number of ether oxygens (including phenoxy) is 1. The molecule has 1 heterocycles. The molecule has 1 saturated carbocycles. The Hall–Kier alpha value is -2.51. The Labute approximate surface area is 124 Å². The van der Waals surface area contributed by atoms with E-state index in [2.05, 4.69) is 15.4 Å². The van der Waals surface area contributed by atoms with Crippen LogP contribution in [0.5, 0.6) is 11.6 Å². The molecule has 2 N–H and O–H groups in total. The summed E-state index contributed by atoms with van der Waals surface area (Å²) in [6.45, 7) is 0. The molecule has 1 aliphatic carbocycles. The third kappa shape index (κ3) is 2.90. The van der Waals surface area contributed by atoms with Crippen LogP contribution in [0.15, 0.2) is 24.3 Å². The van der Waals surface area contributed by atoms with Gasteiger partial charge in [-0.05, 0) is 30.0 Å². The Morgan fingerprint density at radius 2 is 2.09 bits per heavy atom. The second-order valence-corrected chi connectivity index (χ2v) is 5.26. The van der Waals surface area contributed by atoms with Crippen LogP contribution in [-0.4, -0.2) is 32.4 Å². The van der Waals surface area contributed by atoms with E-state index in [1.807, 2.05) is 0 Å². The van der Waals surface area contributed by atoms with Crippen molar-refractivity contribution in [3.8, 4) is 11.6 Å². The molecule has 8 heteroatoms. The SMILES string of the molecule is O=C(O)c1nn[nH]c1Oc1ccc(C2CCC(F)(F)C2)cc1. The van der Waals surface area contributed by atoms with Crippen LogP contribution in [-0.2, 0) is 0 Å². The van der Waals surface area contributed by atoms with Gasteiger partial charge >= 0.3 is 5.97 Å². The van der Waals surface area contributed by atoms with Crippen LogP contribution in [0.4, 0.5) is 8.78 Å². The number of alkyl halides is 2. The number of nitrogens with zero attached hydrogens (tertiary/aromatic N) is 2. The number of carboxylic acid groups (broad SMARTS) is 1. The molecule has 0 spiro atoms. The minimum absolute atomic E-state index is 0.0763. The quantitative estimate of drug-likeness (QED) is 0.905. The van der Waals surface area contributed by atoms with Gasteiger partial charge in [0.05, 0.1) is 0 Å². The Balaban J connectivity index is 1.72. The molecule has 1 unspecified atom stereocenters. The van der Waals surface area contributed by atoms with Crippen molar-refractivity contribution in [1.29, 1.82) is 0 Å². The van der Waals surface area contributed by atoms with Gasteiger partial charge < -0.3 is 9.84 Å². The van der Waals surface area contributed by atoms with Crippen molar-refractivity contribution >= 4 is 5.97 Å². The van der Waals surface area contributed by atoms with Gasteiger partial charge in [0, 0.05) is 12.8 Å². The first-order valence-electron chi connectivity index (χ1n) is 6.74. The van der Waals surface area contributed by atoms with Gasteiger partial charge in [-0.15, -0.1) is 5.10 Å². The Kier molecular flexibility index (Phi) is 3.51. The zero-order valence-corrected chi connectivity index (χ0v) is 11.4. The first kappa shape index (κ1) is 14.4. The highest BCUT2D eigenvalue weighted by atomic mass is 19.3. The highest BCUT2D eigenvalue weighted by Gasteiger charge is 2.39. The summed E-state index contributed by atoms with van der Waals surface area (Å²) in [5.41, 5.74) is 0.505. The van der Waals surface area contributed by atoms with Crippen LogP contribution in [0, 0.1) is 0 Å². The number of hydrogen-bond acceptors (Lipinski definition) is 4. The molecule has 6 nitrogen and oxygen atoms in total. The normalized spacial score (nSPS) is 20.0. The first-order valence-corrected chi connectivity index (χ1v) is 6.74. The number of rotatable bonds is 4. The molecule has 0 radical (unpaired) electrons. The number of nitrogens with one attached hydrogen (secondary N) is 1. The van der Waals surface area contributed by atoms with E-state index in [9.17, 15) is 13.6 Å². The molecule has 3 rings (SSSR count). The second kappa shape index (κ2) is 5.36. The molecule has 22 heavy (non-hydrogen) atoms. The summed E-state index contributed by atoms with van der Waals surface area (Å²) < 4.78 is 31.8. The number of aromatic carboxylic acids is 1. The van der Waals surface area contributed by atoms with E-state index in [4.69, 9.17) is 9.84 Å². The standard InChI is InChI=1S/C14H13F2N3O3/c15-14(16)6-5-9(7-14)8-1-3-10(4-2-8)22-12-11(13(20)21)17-19-18-12/h1-4,9H,5-7H2,(H,20,21)(H,17,18,19). The molecule has 1 aromatic heterocycles. The van der Waals surface area contributed by atoms with Gasteiger partial charge in [0.2, 0.25) is 11.6 Å². The van der Waals surface area contributed by atoms with Crippen molar-refractivity contribution in [1.82, 2.24) is 15.4 Å². The van der Waals surface area contributed by atoms with E-state index in [0.29, 0.717) is 12.2 Å². The molecule has 116 valence electrons. The maximum Gasteiger partial charge on any atom is 0.362 e. The largest absolute Gasteiger partial charge is 0.476 e. The summed E-state index contributed by atoms with van der Waals surface area (Å²) in [4.78, 5) is 10.9. The van der Waals surface area contributed by atoms with Gasteiger partial charge in [0.15, 0.2) is 0 Å². The summed E-state index contributed by atoms with van der Waals surface area (Å²) >= 11 is 0. The van der Waals surface area contributed by atoms with Gasteiger partial charge in [-0.3, -0.25) is 0 Å². The summed E-state index contributed by atoms with van der Waals surface area (Å²) in [5, 5.41) is 18.0. The summed E-state index contributed by atoms with van der Waals surface area (Å²) in [5.74, 6) is -3.70.